The highest BCUT2D eigenvalue weighted by Crippen LogP contribution is 2.21. The van der Waals surface area contributed by atoms with Gasteiger partial charge in [-0.05, 0) is 19.3 Å². The molecule has 0 spiro atoms. The van der Waals surface area contributed by atoms with Crippen LogP contribution >= 0.6 is 11.8 Å². The Morgan fingerprint density at radius 1 is 1.26 bits per heavy atom. The molecular weight excluding hydrogens is 318 g/mol. The number of hydrogen-bond donors (Lipinski definition) is 2. The van der Waals surface area contributed by atoms with Gasteiger partial charge in [0, 0.05) is 25.3 Å². The summed E-state index contributed by atoms with van der Waals surface area (Å²) in [7, 11) is 0. The Balaban J connectivity index is 2.37. The van der Waals surface area contributed by atoms with Crippen LogP contribution in [0.5, 0.6) is 0 Å². The van der Waals surface area contributed by atoms with Crippen LogP contribution in [0.3, 0.4) is 0 Å². The van der Waals surface area contributed by atoms with E-state index in [9.17, 15) is 14.4 Å². The molecule has 1 heterocycles. The Kier molecular flexibility index (Phi) is 8.83. The number of alkyl carbamates (subject to hydrolysis) is 1. The van der Waals surface area contributed by atoms with Crippen LogP contribution in [-0.4, -0.2) is 60.2 Å². The van der Waals surface area contributed by atoms with Gasteiger partial charge in [0.1, 0.15) is 6.04 Å². The lowest BCUT2D eigenvalue weighted by Gasteiger charge is -2.23. The van der Waals surface area contributed by atoms with Crippen molar-refractivity contribution in [1.82, 2.24) is 15.5 Å². The van der Waals surface area contributed by atoms with E-state index in [0.717, 1.165) is 6.42 Å². The summed E-state index contributed by atoms with van der Waals surface area (Å²) >= 11 is 1.57. The standard InChI is InChI=1S/C15H27N3O4S/c1-4-22-15(21)17-8-6-13(19)18-10-23-9-12(18)14(20)16-7-5-11(2)3/h11-12H,4-10H2,1-3H3,(H,16,20)(H,17,21)/t12-/m1/s1. The summed E-state index contributed by atoms with van der Waals surface area (Å²) in [5.74, 6) is 1.43. The number of nitrogens with one attached hydrogen (secondary N) is 2. The minimum atomic E-state index is -0.529. The monoisotopic (exact) mass is 345 g/mol. The molecule has 1 atom stereocenters. The second-order valence-corrected chi connectivity index (χ2v) is 6.75. The van der Waals surface area contributed by atoms with Crippen LogP contribution in [0.1, 0.15) is 33.6 Å². The lowest BCUT2D eigenvalue weighted by Crippen LogP contribution is -2.48. The first-order valence-corrected chi connectivity index (χ1v) is 9.16. The van der Waals surface area contributed by atoms with Crippen LogP contribution in [0.4, 0.5) is 4.79 Å². The van der Waals surface area contributed by atoms with Gasteiger partial charge >= 0.3 is 6.09 Å². The van der Waals surface area contributed by atoms with Gasteiger partial charge in [0.15, 0.2) is 0 Å². The molecule has 132 valence electrons. The van der Waals surface area contributed by atoms with Crippen molar-refractivity contribution in [3.63, 3.8) is 0 Å². The molecule has 8 heteroatoms. The fraction of sp³-hybridized carbons (Fsp3) is 0.800. The van der Waals surface area contributed by atoms with Gasteiger partial charge in [-0.15, -0.1) is 11.8 Å². The van der Waals surface area contributed by atoms with Crippen LogP contribution in [0.15, 0.2) is 0 Å². The molecule has 1 saturated heterocycles. The molecule has 0 radical (unpaired) electrons. The van der Waals surface area contributed by atoms with E-state index in [2.05, 4.69) is 24.5 Å². The van der Waals surface area contributed by atoms with E-state index in [-0.39, 0.29) is 24.8 Å². The minimum absolute atomic E-state index is 0.0950. The zero-order chi connectivity index (χ0) is 17.2. The lowest BCUT2D eigenvalue weighted by atomic mass is 10.1. The summed E-state index contributed by atoms with van der Waals surface area (Å²) in [4.78, 5) is 37.2. The molecule has 0 aromatic heterocycles. The summed E-state index contributed by atoms with van der Waals surface area (Å²) in [6.45, 7) is 7.05. The fourth-order valence-corrected chi connectivity index (χ4v) is 3.29. The van der Waals surface area contributed by atoms with E-state index < -0.39 is 12.1 Å². The van der Waals surface area contributed by atoms with Crippen molar-refractivity contribution < 1.29 is 19.1 Å². The van der Waals surface area contributed by atoms with Crippen molar-refractivity contribution in [2.24, 2.45) is 5.92 Å². The molecule has 2 N–H and O–H groups in total. The average molecular weight is 345 g/mol. The number of carbonyl (C=O) groups excluding carboxylic acids is 3. The van der Waals surface area contributed by atoms with E-state index in [1.807, 2.05) is 0 Å². The van der Waals surface area contributed by atoms with Crippen molar-refractivity contribution >= 4 is 29.7 Å². The highest BCUT2D eigenvalue weighted by molar-refractivity contribution is 7.99. The molecule has 0 saturated carbocycles. The van der Waals surface area contributed by atoms with Gasteiger partial charge in [-0.3, -0.25) is 9.59 Å². The maximum absolute atomic E-state index is 12.2. The summed E-state index contributed by atoms with van der Waals surface area (Å²) in [6.07, 6.45) is 0.553. The molecule has 0 aliphatic carbocycles. The molecule has 1 rings (SSSR count). The third-order valence-corrected chi connectivity index (χ3v) is 4.42. The van der Waals surface area contributed by atoms with Gasteiger partial charge in [0.25, 0.3) is 0 Å². The number of carbonyl (C=O) groups is 3. The second-order valence-electron chi connectivity index (χ2n) is 5.75. The second kappa shape index (κ2) is 10.4. The van der Waals surface area contributed by atoms with Crippen LogP contribution in [0.2, 0.25) is 0 Å². The third-order valence-electron chi connectivity index (χ3n) is 3.41. The van der Waals surface area contributed by atoms with Crippen LogP contribution in [0, 0.1) is 5.92 Å². The number of rotatable bonds is 8. The van der Waals surface area contributed by atoms with Crippen LogP contribution in [-0.2, 0) is 14.3 Å². The Bertz CT molecular complexity index is 418. The summed E-state index contributed by atoms with van der Waals surface area (Å²) in [6, 6.07) is -0.415. The topological polar surface area (TPSA) is 87.7 Å². The summed E-state index contributed by atoms with van der Waals surface area (Å²) < 4.78 is 4.73. The highest BCUT2D eigenvalue weighted by Gasteiger charge is 2.34. The Labute approximate surface area is 141 Å². The van der Waals surface area contributed by atoms with Crippen molar-refractivity contribution in [3.05, 3.63) is 0 Å². The maximum Gasteiger partial charge on any atom is 0.407 e. The van der Waals surface area contributed by atoms with Gasteiger partial charge in [-0.1, -0.05) is 13.8 Å². The van der Waals surface area contributed by atoms with E-state index >= 15 is 0 Å². The minimum Gasteiger partial charge on any atom is -0.450 e. The number of thioether (sulfide) groups is 1. The van der Waals surface area contributed by atoms with Crippen LogP contribution in [0.25, 0.3) is 0 Å². The van der Waals surface area contributed by atoms with Crippen molar-refractivity contribution in [2.45, 2.75) is 39.7 Å². The van der Waals surface area contributed by atoms with E-state index in [4.69, 9.17) is 4.74 Å². The van der Waals surface area contributed by atoms with Crippen molar-refractivity contribution in [2.75, 3.05) is 31.3 Å². The van der Waals surface area contributed by atoms with Gasteiger partial charge in [0.05, 0.1) is 12.5 Å². The quantitative estimate of drug-likeness (QED) is 0.690. The first-order chi connectivity index (χ1) is 11.0. The molecule has 0 bridgehead atoms. The van der Waals surface area contributed by atoms with Gasteiger partial charge in [-0.25, -0.2) is 4.79 Å². The predicted molar refractivity (Wildman–Crippen MR) is 90.1 cm³/mol. The van der Waals surface area contributed by atoms with Crippen molar-refractivity contribution in [3.8, 4) is 0 Å². The van der Waals surface area contributed by atoms with E-state index in [0.29, 0.717) is 30.7 Å². The Morgan fingerprint density at radius 3 is 2.65 bits per heavy atom. The molecule has 0 aromatic carbocycles. The largest absolute Gasteiger partial charge is 0.450 e. The zero-order valence-corrected chi connectivity index (χ0v) is 14.9. The summed E-state index contributed by atoms with van der Waals surface area (Å²) in [5, 5.41) is 5.41. The Hall–Kier alpha value is -1.44. The first kappa shape index (κ1) is 19.6. The zero-order valence-electron chi connectivity index (χ0n) is 14.1. The van der Waals surface area contributed by atoms with E-state index in [1.54, 1.807) is 23.6 Å². The third kappa shape index (κ3) is 7.11. The highest BCUT2D eigenvalue weighted by atomic mass is 32.2. The molecule has 1 fully saturated rings. The summed E-state index contributed by atoms with van der Waals surface area (Å²) in [5.41, 5.74) is 0. The SMILES string of the molecule is CCOC(=O)NCCC(=O)N1CSC[C@@H]1C(=O)NCCC(C)C. The van der Waals surface area contributed by atoms with E-state index in [1.165, 1.54) is 0 Å². The number of ether oxygens (including phenoxy) is 1. The molecule has 1 aliphatic heterocycles. The van der Waals surface area contributed by atoms with Gasteiger partial charge in [0.2, 0.25) is 11.8 Å². The fourth-order valence-electron chi connectivity index (χ4n) is 2.10. The predicted octanol–water partition coefficient (Wildman–Crippen LogP) is 1.19. The average Bonchev–Trinajstić information content (AvgIpc) is 2.96. The maximum atomic E-state index is 12.2. The normalized spacial score (nSPS) is 17.2. The molecule has 1 aliphatic rings. The number of hydrogen-bond acceptors (Lipinski definition) is 5. The molecule has 0 unspecified atom stereocenters. The Morgan fingerprint density at radius 2 is 2.00 bits per heavy atom. The molecular formula is C15H27N3O4S. The lowest BCUT2D eigenvalue weighted by molar-refractivity contribution is -0.137. The molecule has 0 aromatic rings. The number of amides is 3. The van der Waals surface area contributed by atoms with Gasteiger partial charge < -0.3 is 20.3 Å². The molecule has 3 amide bonds. The van der Waals surface area contributed by atoms with Crippen molar-refractivity contribution in [1.29, 1.82) is 0 Å². The first-order valence-electron chi connectivity index (χ1n) is 8.01. The number of nitrogens with zero attached hydrogens (tertiary/aromatic N) is 1. The molecule has 7 nitrogen and oxygen atoms in total. The smallest absolute Gasteiger partial charge is 0.407 e. The van der Waals surface area contributed by atoms with Crippen LogP contribution < -0.4 is 10.6 Å². The van der Waals surface area contributed by atoms with Gasteiger partial charge in [-0.2, -0.15) is 0 Å². The molecule has 23 heavy (non-hydrogen) atoms.